The van der Waals surface area contributed by atoms with E-state index >= 15 is 0 Å². The molecule has 1 atom stereocenters. The minimum atomic E-state index is -0.860. The van der Waals surface area contributed by atoms with Crippen molar-refractivity contribution in [3.8, 4) is 11.5 Å². The molecule has 2 nitrogen and oxygen atoms in total. The molecule has 0 saturated heterocycles. The highest BCUT2D eigenvalue weighted by atomic mass is 35.5. The molecule has 2 aromatic carbocycles. The molecule has 0 aromatic heterocycles. The van der Waals surface area contributed by atoms with Gasteiger partial charge in [0.2, 0.25) is 0 Å². The zero-order valence-corrected chi connectivity index (χ0v) is 12.7. The normalized spacial score (nSPS) is 12.1. The molecule has 0 aliphatic rings. The second-order valence-corrected chi connectivity index (χ2v) is 5.03. The van der Waals surface area contributed by atoms with E-state index in [1.165, 1.54) is 21.1 Å². The second kappa shape index (κ2) is 6.31. The monoisotopic (exact) mass is 312 g/mol. The van der Waals surface area contributed by atoms with Crippen LogP contribution in [0, 0.1) is 18.6 Å². The van der Waals surface area contributed by atoms with Crippen LogP contribution in [0.1, 0.15) is 22.1 Å². The number of methoxy groups -OCH3 is 2. The average Bonchev–Trinajstić information content (AvgIpc) is 2.49. The van der Waals surface area contributed by atoms with Crippen LogP contribution in [-0.2, 0) is 0 Å². The van der Waals surface area contributed by atoms with Gasteiger partial charge in [-0.05, 0) is 36.8 Å². The zero-order valence-electron chi connectivity index (χ0n) is 11.9. The fourth-order valence-corrected chi connectivity index (χ4v) is 2.40. The molecule has 0 amide bonds. The Morgan fingerprint density at radius 1 is 0.952 bits per heavy atom. The third kappa shape index (κ3) is 3.10. The molecule has 0 radical (unpaired) electrons. The number of benzene rings is 2. The predicted octanol–water partition coefficient (Wildman–Crippen LogP) is 4.62. The van der Waals surface area contributed by atoms with Gasteiger partial charge in [-0.3, -0.25) is 0 Å². The van der Waals surface area contributed by atoms with E-state index in [1.54, 1.807) is 18.2 Å². The summed E-state index contributed by atoms with van der Waals surface area (Å²) in [6.45, 7) is 1.50. The van der Waals surface area contributed by atoms with Crippen molar-refractivity contribution in [3.63, 3.8) is 0 Å². The lowest BCUT2D eigenvalue weighted by atomic mass is 10.0. The maximum atomic E-state index is 14.0. The third-order valence-electron chi connectivity index (χ3n) is 3.26. The van der Waals surface area contributed by atoms with Gasteiger partial charge in [-0.15, -0.1) is 11.6 Å². The summed E-state index contributed by atoms with van der Waals surface area (Å²) in [5.41, 5.74) is 0.854. The van der Waals surface area contributed by atoms with E-state index in [1.807, 2.05) is 0 Å². The van der Waals surface area contributed by atoms with Gasteiger partial charge in [0, 0.05) is 17.2 Å². The summed E-state index contributed by atoms with van der Waals surface area (Å²) in [6, 6.07) is 7.26. The topological polar surface area (TPSA) is 18.5 Å². The number of rotatable bonds is 4. The highest BCUT2D eigenvalue weighted by Crippen LogP contribution is 2.38. The zero-order chi connectivity index (χ0) is 15.6. The Hall–Kier alpha value is -1.81. The van der Waals surface area contributed by atoms with Crippen LogP contribution in [0.4, 0.5) is 8.78 Å². The predicted molar refractivity (Wildman–Crippen MR) is 78.3 cm³/mol. The first-order chi connectivity index (χ1) is 9.97. The van der Waals surface area contributed by atoms with Gasteiger partial charge < -0.3 is 9.47 Å². The molecular formula is C16H15ClF2O2. The Morgan fingerprint density at radius 3 is 2.29 bits per heavy atom. The van der Waals surface area contributed by atoms with Crippen molar-refractivity contribution >= 4 is 11.6 Å². The van der Waals surface area contributed by atoms with Crippen molar-refractivity contribution in [3.05, 3.63) is 58.7 Å². The third-order valence-corrected chi connectivity index (χ3v) is 3.73. The largest absolute Gasteiger partial charge is 0.497 e. The lowest BCUT2D eigenvalue weighted by Crippen LogP contribution is -2.02. The Bertz CT molecular complexity index is 659. The van der Waals surface area contributed by atoms with Crippen LogP contribution in [0.15, 0.2) is 30.3 Å². The fraction of sp³-hybridized carbons (Fsp3) is 0.250. The molecule has 21 heavy (non-hydrogen) atoms. The Morgan fingerprint density at radius 2 is 1.67 bits per heavy atom. The van der Waals surface area contributed by atoms with Gasteiger partial charge in [0.25, 0.3) is 0 Å². The van der Waals surface area contributed by atoms with Crippen LogP contribution in [0.3, 0.4) is 0 Å². The molecule has 0 fully saturated rings. The van der Waals surface area contributed by atoms with E-state index in [2.05, 4.69) is 0 Å². The average molecular weight is 313 g/mol. The van der Waals surface area contributed by atoms with E-state index in [-0.39, 0.29) is 11.1 Å². The molecule has 1 unspecified atom stereocenters. The lowest BCUT2D eigenvalue weighted by Gasteiger charge is -2.16. The summed E-state index contributed by atoms with van der Waals surface area (Å²) in [6.07, 6.45) is 0. The quantitative estimate of drug-likeness (QED) is 0.767. The van der Waals surface area contributed by atoms with Gasteiger partial charge in [0.05, 0.1) is 19.6 Å². The van der Waals surface area contributed by atoms with Crippen molar-refractivity contribution in [1.29, 1.82) is 0 Å². The first-order valence-electron chi connectivity index (χ1n) is 6.29. The summed E-state index contributed by atoms with van der Waals surface area (Å²) in [5.74, 6) is 0.000980. The molecule has 2 aromatic rings. The number of hydrogen-bond acceptors (Lipinski definition) is 2. The minimum Gasteiger partial charge on any atom is -0.497 e. The second-order valence-electron chi connectivity index (χ2n) is 4.59. The standard InChI is InChI=1S/C16H15ClF2O2/c1-9-6-14(19)12(8-13(9)18)16(17)11-5-4-10(20-2)7-15(11)21-3/h4-8,16H,1-3H3. The molecule has 0 spiro atoms. The summed E-state index contributed by atoms with van der Waals surface area (Å²) in [7, 11) is 3.01. The maximum absolute atomic E-state index is 14.0. The van der Waals surface area contributed by atoms with Crippen molar-refractivity contribution in [2.75, 3.05) is 14.2 Å². The number of alkyl halides is 1. The maximum Gasteiger partial charge on any atom is 0.128 e. The van der Waals surface area contributed by atoms with Crippen molar-refractivity contribution < 1.29 is 18.3 Å². The molecule has 0 N–H and O–H groups in total. The molecule has 0 aliphatic carbocycles. The van der Waals surface area contributed by atoms with Crippen LogP contribution in [0.25, 0.3) is 0 Å². The summed E-state index contributed by atoms with van der Waals surface area (Å²) in [5, 5.41) is -0.860. The fourth-order valence-electron chi connectivity index (χ4n) is 2.05. The molecule has 112 valence electrons. The first kappa shape index (κ1) is 15.6. The van der Waals surface area contributed by atoms with Gasteiger partial charge in [-0.25, -0.2) is 8.78 Å². The number of hydrogen-bond donors (Lipinski definition) is 0. The smallest absolute Gasteiger partial charge is 0.128 e. The Labute approximate surface area is 127 Å². The Balaban J connectivity index is 2.49. The van der Waals surface area contributed by atoms with E-state index in [9.17, 15) is 8.78 Å². The minimum absolute atomic E-state index is 0.0724. The van der Waals surface area contributed by atoms with Crippen LogP contribution >= 0.6 is 11.6 Å². The van der Waals surface area contributed by atoms with E-state index in [0.717, 1.165) is 12.1 Å². The van der Waals surface area contributed by atoms with Gasteiger partial charge >= 0.3 is 0 Å². The van der Waals surface area contributed by atoms with Crippen LogP contribution in [0.5, 0.6) is 11.5 Å². The van der Waals surface area contributed by atoms with E-state index in [4.69, 9.17) is 21.1 Å². The van der Waals surface area contributed by atoms with Crippen molar-refractivity contribution in [2.45, 2.75) is 12.3 Å². The number of aryl methyl sites for hydroxylation is 1. The molecular weight excluding hydrogens is 298 g/mol. The van der Waals surface area contributed by atoms with Gasteiger partial charge in [0.15, 0.2) is 0 Å². The van der Waals surface area contributed by atoms with Crippen LogP contribution in [0.2, 0.25) is 0 Å². The molecule has 0 heterocycles. The molecule has 0 bridgehead atoms. The Kier molecular flexibility index (Phi) is 4.68. The van der Waals surface area contributed by atoms with Crippen molar-refractivity contribution in [1.82, 2.24) is 0 Å². The molecule has 0 aliphatic heterocycles. The SMILES string of the molecule is COc1ccc(C(Cl)c2cc(F)c(C)cc2F)c(OC)c1. The first-order valence-corrected chi connectivity index (χ1v) is 6.73. The van der Waals surface area contributed by atoms with Gasteiger partial charge in [0.1, 0.15) is 23.1 Å². The summed E-state index contributed by atoms with van der Waals surface area (Å²) >= 11 is 6.31. The van der Waals surface area contributed by atoms with Gasteiger partial charge in [-0.1, -0.05) is 0 Å². The molecule has 0 saturated carbocycles. The van der Waals surface area contributed by atoms with Gasteiger partial charge in [-0.2, -0.15) is 0 Å². The van der Waals surface area contributed by atoms with Crippen molar-refractivity contribution in [2.24, 2.45) is 0 Å². The highest BCUT2D eigenvalue weighted by Gasteiger charge is 2.21. The number of ether oxygens (including phenoxy) is 2. The molecule has 5 heteroatoms. The highest BCUT2D eigenvalue weighted by molar-refractivity contribution is 6.22. The summed E-state index contributed by atoms with van der Waals surface area (Å²) in [4.78, 5) is 0. The van der Waals surface area contributed by atoms with E-state index < -0.39 is 17.0 Å². The summed E-state index contributed by atoms with van der Waals surface area (Å²) < 4.78 is 38.0. The lowest BCUT2D eigenvalue weighted by molar-refractivity contribution is 0.391. The molecule has 2 rings (SSSR count). The van der Waals surface area contributed by atoms with Crippen LogP contribution in [-0.4, -0.2) is 14.2 Å². The van der Waals surface area contributed by atoms with Crippen LogP contribution < -0.4 is 9.47 Å². The number of halogens is 3. The van der Waals surface area contributed by atoms with E-state index in [0.29, 0.717) is 17.1 Å².